The van der Waals surface area contributed by atoms with Gasteiger partial charge in [0.25, 0.3) is 0 Å². The number of hydrogen-bond acceptors (Lipinski definition) is 5. The van der Waals surface area contributed by atoms with E-state index in [0.29, 0.717) is 6.04 Å². The maximum absolute atomic E-state index is 11.4. The Hall–Kier alpha value is -1.41. The van der Waals surface area contributed by atoms with E-state index >= 15 is 0 Å². The summed E-state index contributed by atoms with van der Waals surface area (Å²) in [6, 6.07) is 11.9. The molecular weight excluding hydrogens is 378 g/mol. The Balaban J connectivity index is 1.39. The van der Waals surface area contributed by atoms with Gasteiger partial charge < -0.3 is 10.2 Å². The summed E-state index contributed by atoms with van der Waals surface area (Å²) in [5, 5.41) is 11.4. The van der Waals surface area contributed by atoms with E-state index in [9.17, 15) is 8.42 Å². The van der Waals surface area contributed by atoms with Gasteiger partial charge in [0, 0.05) is 29.7 Å². The average molecular weight is 406 g/mol. The molecular formula is C20H27N3O2S2. The van der Waals surface area contributed by atoms with Crippen molar-refractivity contribution in [3.05, 3.63) is 46.7 Å². The zero-order valence-electron chi connectivity index (χ0n) is 15.4. The fourth-order valence-electron chi connectivity index (χ4n) is 4.51. The Bertz CT molecular complexity index is 849. The van der Waals surface area contributed by atoms with Crippen molar-refractivity contribution in [2.75, 3.05) is 18.0 Å². The maximum Gasteiger partial charge on any atom is 0.238 e. The smallest absolute Gasteiger partial charge is 0.238 e. The van der Waals surface area contributed by atoms with Gasteiger partial charge in [0.05, 0.1) is 10.4 Å². The number of thiophene rings is 1. The third-order valence-corrected chi connectivity index (χ3v) is 7.96. The van der Waals surface area contributed by atoms with Crippen molar-refractivity contribution >= 4 is 27.0 Å². The molecule has 1 aliphatic carbocycles. The molecule has 1 saturated carbocycles. The highest BCUT2D eigenvalue weighted by atomic mass is 32.2. The first-order valence-corrected chi connectivity index (χ1v) is 12.1. The molecule has 3 N–H and O–H groups in total. The minimum absolute atomic E-state index is 0.168. The number of anilines is 1. The monoisotopic (exact) mass is 405 g/mol. The molecule has 4 rings (SSSR count). The van der Waals surface area contributed by atoms with Crippen molar-refractivity contribution in [1.29, 1.82) is 0 Å². The molecule has 0 radical (unpaired) electrons. The highest BCUT2D eigenvalue weighted by Gasteiger charge is 2.38. The van der Waals surface area contributed by atoms with Gasteiger partial charge in [0.15, 0.2) is 0 Å². The highest BCUT2D eigenvalue weighted by Crippen LogP contribution is 2.41. The Kier molecular flexibility index (Phi) is 5.29. The van der Waals surface area contributed by atoms with E-state index < -0.39 is 10.0 Å². The summed E-state index contributed by atoms with van der Waals surface area (Å²) >= 11 is 1.88. The van der Waals surface area contributed by atoms with Gasteiger partial charge in [-0.15, -0.1) is 11.3 Å². The van der Waals surface area contributed by atoms with Crippen molar-refractivity contribution in [1.82, 2.24) is 5.32 Å². The maximum atomic E-state index is 11.4. The Morgan fingerprint density at radius 3 is 2.30 bits per heavy atom. The van der Waals surface area contributed by atoms with Gasteiger partial charge in [-0.1, -0.05) is 18.9 Å². The molecule has 1 aliphatic heterocycles. The first-order chi connectivity index (χ1) is 13.0. The molecule has 0 bridgehead atoms. The lowest BCUT2D eigenvalue weighted by Gasteiger charge is -2.39. The number of primary sulfonamides is 1. The van der Waals surface area contributed by atoms with E-state index in [-0.39, 0.29) is 10.4 Å². The van der Waals surface area contributed by atoms with Crippen LogP contribution in [0.1, 0.15) is 43.4 Å². The molecule has 146 valence electrons. The fourth-order valence-corrected chi connectivity index (χ4v) is 5.98. The Morgan fingerprint density at radius 1 is 1.07 bits per heavy atom. The second kappa shape index (κ2) is 7.54. The lowest BCUT2D eigenvalue weighted by Crippen LogP contribution is -2.50. The molecule has 0 atom stereocenters. The van der Waals surface area contributed by atoms with E-state index in [1.807, 2.05) is 23.5 Å². The van der Waals surface area contributed by atoms with Gasteiger partial charge in [-0.3, -0.25) is 0 Å². The molecule has 2 aromatic rings. The van der Waals surface area contributed by atoms with Crippen LogP contribution in [0.4, 0.5) is 5.69 Å². The molecule has 1 saturated heterocycles. The minimum Gasteiger partial charge on any atom is -0.371 e. The van der Waals surface area contributed by atoms with Crippen LogP contribution in [0.2, 0.25) is 0 Å². The number of benzene rings is 1. The van der Waals surface area contributed by atoms with Crippen LogP contribution in [-0.4, -0.2) is 27.5 Å². The van der Waals surface area contributed by atoms with Crippen molar-refractivity contribution in [2.45, 2.75) is 55.0 Å². The van der Waals surface area contributed by atoms with Gasteiger partial charge in [0.2, 0.25) is 10.0 Å². The highest BCUT2D eigenvalue weighted by molar-refractivity contribution is 7.89. The average Bonchev–Trinajstić information content (AvgIpc) is 3.34. The van der Waals surface area contributed by atoms with Crippen LogP contribution in [0.3, 0.4) is 0 Å². The Labute approximate surface area is 165 Å². The quantitative estimate of drug-likeness (QED) is 0.799. The van der Waals surface area contributed by atoms with Crippen LogP contribution in [0.25, 0.3) is 0 Å². The summed E-state index contributed by atoms with van der Waals surface area (Å²) in [6.07, 6.45) is 7.29. The van der Waals surface area contributed by atoms with Crippen LogP contribution in [-0.2, 0) is 15.6 Å². The summed E-state index contributed by atoms with van der Waals surface area (Å²) in [5.41, 5.74) is 1.24. The standard InChI is InChI=1S/C20H27N3O2S2/c21-27(24,25)18-7-5-17(6-8-18)23-13-9-16(10-14-23)22-20(11-1-2-12-20)19-4-3-15-26-19/h3-8,15-16,22H,1-2,9-14H2,(H2,21,24,25). The molecule has 2 fully saturated rings. The molecule has 0 spiro atoms. The van der Waals surface area contributed by atoms with Crippen LogP contribution in [0.15, 0.2) is 46.7 Å². The topological polar surface area (TPSA) is 75.4 Å². The summed E-state index contributed by atoms with van der Waals surface area (Å²) in [6.45, 7) is 1.96. The van der Waals surface area contributed by atoms with Gasteiger partial charge >= 0.3 is 0 Å². The second-order valence-corrected chi connectivity index (χ2v) is 10.2. The van der Waals surface area contributed by atoms with Crippen molar-refractivity contribution in [2.24, 2.45) is 5.14 Å². The van der Waals surface area contributed by atoms with E-state index in [1.54, 1.807) is 12.1 Å². The lowest BCUT2D eigenvalue weighted by molar-refractivity contribution is 0.270. The van der Waals surface area contributed by atoms with Crippen LogP contribution in [0.5, 0.6) is 0 Å². The molecule has 27 heavy (non-hydrogen) atoms. The third kappa shape index (κ3) is 4.06. The van der Waals surface area contributed by atoms with Crippen molar-refractivity contribution in [3.63, 3.8) is 0 Å². The number of hydrogen-bond donors (Lipinski definition) is 2. The molecule has 1 aromatic carbocycles. The predicted octanol–water partition coefficient (Wildman–Crippen LogP) is 3.42. The van der Waals surface area contributed by atoms with Crippen molar-refractivity contribution < 1.29 is 8.42 Å². The number of nitrogens with zero attached hydrogens (tertiary/aromatic N) is 1. The zero-order chi connectivity index (χ0) is 18.9. The third-order valence-electron chi connectivity index (χ3n) is 5.96. The van der Waals surface area contributed by atoms with E-state index in [1.165, 1.54) is 30.6 Å². The molecule has 0 unspecified atom stereocenters. The van der Waals surface area contributed by atoms with Gasteiger partial charge in [-0.05, 0) is 61.4 Å². The van der Waals surface area contributed by atoms with E-state index in [0.717, 1.165) is 31.6 Å². The molecule has 7 heteroatoms. The van der Waals surface area contributed by atoms with E-state index in [2.05, 4.69) is 27.7 Å². The van der Waals surface area contributed by atoms with Gasteiger partial charge in [0.1, 0.15) is 0 Å². The molecule has 5 nitrogen and oxygen atoms in total. The molecule has 0 amide bonds. The van der Waals surface area contributed by atoms with Crippen LogP contribution < -0.4 is 15.4 Å². The van der Waals surface area contributed by atoms with Gasteiger partial charge in [-0.25, -0.2) is 13.6 Å². The number of nitrogens with one attached hydrogen (secondary N) is 1. The van der Waals surface area contributed by atoms with Crippen LogP contribution >= 0.6 is 11.3 Å². The summed E-state index contributed by atoms with van der Waals surface area (Å²) < 4.78 is 22.8. The first kappa shape index (κ1) is 18.9. The molecule has 1 aromatic heterocycles. The largest absolute Gasteiger partial charge is 0.371 e. The first-order valence-electron chi connectivity index (χ1n) is 9.66. The SMILES string of the molecule is NS(=O)(=O)c1ccc(N2CCC(NC3(c4cccs4)CCCC3)CC2)cc1. The molecule has 2 aliphatic rings. The predicted molar refractivity (Wildman–Crippen MR) is 111 cm³/mol. The van der Waals surface area contributed by atoms with Crippen molar-refractivity contribution in [3.8, 4) is 0 Å². The lowest BCUT2D eigenvalue weighted by atomic mass is 9.92. The number of piperidine rings is 1. The normalized spacial score (nSPS) is 20.9. The number of rotatable bonds is 5. The van der Waals surface area contributed by atoms with Crippen LogP contribution in [0, 0.1) is 0 Å². The van der Waals surface area contributed by atoms with E-state index in [4.69, 9.17) is 5.14 Å². The number of sulfonamides is 1. The Morgan fingerprint density at radius 2 is 1.74 bits per heavy atom. The zero-order valence-corrected chi connectivity index (χ0v) is 17.1. The summed E-state index contributed by atoms with van der Waals surface area (Å²) in [5.74, 6) is 0. The summed E-state index contributed by atoms with van der Waals surface area (Å²) in [7, 11) is -3.63. The second-order valence-electron chi connectivity index (χ2n) is 7.71. The molecule has 2 heterocycles. The summed E-state index contributed by atoms with van der Waals surface area (Å²) in [4.78, 5) is 3.99. The minimum atomic E-state index is -3.63. The number of nitrogens with two attached hydrogens (primary N) is 1. The fraction of sp³-hybridized carbons (Fsp3) is 0.500. The van der Waals surface area contributed by atoms with Gasteiger partial charge in [-0.2, -0.15) is 0 Å².